The monoisotopic (exact) mass is 283 g/mol. The number of anilines is 1. The van der Waals surface area contributed by atoms with E-state index in [2.05, 4.69) is 15.3 Å². The van der Waals surface area contributed by atoms with Crippen LogP contribution in [-0.2, 0) is 9.47 Å². The fourth-order valence-corrected chi connectivity index (χ4v) is 1.51. The fourth-order valence-electron chi connectivity index (χ4n) is 1.51. The Hall–Kier alpha value is -1.40. The zero-order valence-corrected chi connectivity index (χ0v) is 12.6. The summed E-state index contributed by atoms with van der Waals surface area (Å²) in [5, 5.41) is 3.18. The molecule has 6 heteroatoms. The van der Waals surface area contributed by atoms with Gasteiger partial charge < -0.3 is 19.5 Å². The van der Waals surface area contributed by atoms with Crippen molar-refractivity contribution in [2.45, 2.75) is 32.8 Å². The third-order valence-corrected chi connectivity index (χ3v) is 2.42. The number of nitrogens with zero attached hydrogens (tertiary/aromatic N) is 2. The molecule has 0 aliphatic carbocycles. The highest BCUT2D eigenvalue weighted by Gasteiger charge is 2.01. The Morgan fingerprint density at radius 1 is 1.20 bits per heavy atom. The minimum absolute atomic E-state index is 0.113. The van der Waals surface area contributed by atoms with Crippen molar-refractivity contribution in [2.75, 3.05) is 38.8 Å². The molecule has 0 bridgehead atoms. The van der Waals surface area contributed by atoms with Crippen LogP contribution in [-0.4, -0.2) is 49.5 Å². The van der Waals surface area contributed by atoms with Crippen molar-refractivity contribution in [3.05, 3.63) is 12.3 Å². The van der Waals surface area contributed by atoms with Crippen LogP contribution in [0.5, 0.6) is 5.88 Å². The predicted molar refractivity (Wildman–Crippen MR) is 78.2 cm³/mol. The molecule has 1 aromatic rings. The van der Waals surface area contributed by atoms with Crippen LogP contribution in [0, 0.1) is 0 Å². The maximum absolute atomic E-state index is 5.51. The van der Waals surface area contributed by atoms with Crippen LogP contribution >= 0.6 is 0 Å². The SMILES string of the molecule is COCCOCCCCNc1nccc(OC(C)C)n1. The van der Waals surface area contributed by atoms with E-state index in [0.717, 1.165) is 26.0 Å². The molecule has 0 aromatic carbocycles. The number of hydrogen-bond acceptors (Lipinski definition) is 6. The van der Waals surface area contributed by atoms with Gasteiger partial charge in [-0.2, -0.15) is 4.98 Å². The second-order valence-corrected chi connectivity index (χ2v) is 4.62. The molecule has 0 aliphatic rings. The molecule has 114 valence electrons. The molecular weight excluding hydrogens is 258 g/mol. The number of aromatic nitrogens is 2. The van der Waals surface area contributed by atoms with Gasteiger partial charge in [-0.3, -0.25) is 0 Å². The number of unbranched alkanes of at least 4 members (excludes halogenated alkanes) is 1. The maximum atomic E-state index is 5.51. The summed E-state index contributed by atoms with van der Waals surface area (Å²) >= 11 is 0. The summed E-state index contributed by atoms with van der Waals surface area (Å²) in [6.07, 6.45) is 3.81. The molecule has 1 N–H and O–H groups in total. The molecule has 0 saturated carbocycles. The smallest absolute Gasteiger partial charge is 0.225 e. The van der Waals surface area contributed by atoms with E-state index in [9.17, 15) is 0 Å². The lowest BCUT2D eigenvalue weighted by Crippen LogP contribution is -2.10. The van der Waals surface area contributed by atoms with Gasteiger partial charge in [-0.15, -0.1) is 0 Å². The lowest BCUT2D eigenvalue weighted by atomic mass is 10.3. The molecular formula is C14H25N3O3. The maximum Gasteiger partial charge on any atom is 0.225 e. The first-order valence-corrected chi connectivity index (χ1v) is 7.02. The number of hydrogen-bond donors (Lipinski definition) is 1. The second kappa shape index (κ2) is 10.4. The van der Waals surface area contributed by atoms with Gasteiger partial charge in [0.25, 0.3) is 0 Å². The highest BCUT2D eigenvalue weighted by molar-refractivity contribution is 5.27. The minimum Gasteiger partial charge on any atom is -0.475 e. The van der Waals surface area contributed by atoms with Gasteiger partial charge in [-0.05, 0) is 26.7 Å². The van der Waals surface area contributed by atoms with Crippen molar-refractivity contribution in [1.82, 2.24) is 9.97 Å². The summed E-state index contributed by atoms with van der Waals surface area (Å²) < 4.78 is 15.8. The zero-order valence-electron chi connectivity index (χ0n) is 12.6. The van der Waals surface area contributed by atoms with Crippen LogP contribution in [0.4, 0.5) is 5.95 Å². The third kappa shape index (κ3) is 7.91. The molecule has 0 atom stereocenters. The molecule has 0 amide bonds. The Kier molecular flexibility index (Phi) is 8.66. The fraction of sp³-hybridized carbons (Fsp3) is 0.714. The molecule has 20 heavy (non-hydrogen) atoms. The summed E-state index contributed by atoms with van der Waals surface area (Å²) in [6, 6.07) is 1.76. The molecule has 1 heterocycles. The van der Waals surface area contributed by atoms with Gasteiger partial charge in [0.05, 0.1) is 19.3 Å². The van der Waals surface area contributed by atoms with Gasteiger partial charge in [0.15, 0.2) is 0 Å². The second-order valence-electron chi connectivity index (χ2n) is 4.62. The molecule has 0 radical (unpaired) electrons. The molecule has 0 saturated heterocycles. The zero-order chi connectivity index (χ0) is 14.6. The van der Waals surface area contributed by atoms with Crippen molar-refractivity contribution < 1.29 is 14.2 Å². The first kappa shape index (κ1) is 16.7. The van der Waals surface area contributed by atoms with Gasteiger partial charge in [0.1, 0.15) is 0 Å². The highest BCUT2D eigenvalue weighted by Crippen LogP contribution is 2.10. The van der Waals surface area contributed by atoms with Crippen LogP contribution in [0.1, 0.15) is 26.7 Å². The van der Waals surface area contributed by atoms with Crippen molar-refractivity contribution in [2.24, 2.45) is 0 Å². The van der Waals surface area contributed by atoms with Crippen molar-refractivity contribution >= 4 is 5.95 Å². The average molecular weight is 283 g/mol. The third-order valence-electron chi connectivity index (χ3n) is 2.42. The molecule has 0 fully saturated rings. The number of methoxy groups -OCH3 is 1. The van der Waals surface area contributed by atoms with E-state index in [-0.39, 0.29) is 6.10 Å². The van der Waals surface area contributed by atoms with Crippen LogP contribution in [0.2, 0.25) is 0 Å². The number of nitrogens with one attached hydrogen (secondary N) is 1. The van der Waals surface area contributed by atoms with Gasteiger partial charge in [-0.25, -0.2) is 4.98 Å². The summed E-state index contributed by atoms with van der Waals surface area (Å²) in [4.78, 5) is 8.43. The summed E-state index contributed by atoms with van der Waals surface area (Å²) in [5.41, 5.74) is 0. The normalized spacial score (nSPS) is 10.8. The Bertz CT molecular complexity index is 361. The standard InChI is InChI=1S/C14H25N3O3/c1-12(2)20-13-6-8-16-14(17-13)15-7-4-5-9-19-11-10-18-3/h6,8,12H,4-5,7,9-11H2,1-3H3,(H,15,16,17). The number of ether oxygens (including phenoxy) is 3. The van der Waals surface area contributed by atoms with E-state index in [1.165, 1.54) is 0 Å². The first-order chi connectivity index (χ1) is 9.72. The molecule has 0 unspecified atom stereocenters. The van der Waals surface area contributed by atoms with Gasteiger partial charge in [-0.1, -0.05) is 0 Å². The molecule has 1 rings (SSSR count). The Morgan fingerprint density at radius 3 is 2.80 bits per heavy atom. The van der Waals surface area contributed by atoms with E-state index in [1.54, 1.807) is 19.4 Å². The van der Waals surface area contributed by atoms with E-state index in [0.29, 0.717) is 25.0 Å². The Balaban J connectivity index is 2.12. The summed E-state index contributed by atoms with van der Waals surface area (Å²) in [7, 11) is 1.67. The topological polar surface area (TPSA) is 65.5 Å². The van der Waals surface area contributed by atoms with E-state index < -0.39 is 0 Å². The van der Waals surface area contributed by atoms with Gasteiger partial charge in [0, 0.05) is 32.5 Å². The van der Waals surface area contributed by atoms with Crippen LogP contribution in [0.15, 0.2) is 12.3 Å². The number of rotatable bonds is 11. The Morgan fingerprint density at radius 2 is 2.05 bits per heavy atom. The van der Waals surface area contributed by atoms with E-state index >= 15 is 0 Å². The summed E-state index contributed by atoms with van der Waals surface area (Å²) in [6.45, 7) is 6.81. The van der Waals surface area contributed by atoms with Crippen LogP contribution in [0.3, 0.4) is 0 Å². The Labute approximate surface area is 120 Å². The largest absolute Gasteiger partial charge is 0.475 e. The summed E-state index contributed by atoms with van der Waals surface area (Å²) in [5.74, 6) is 1.20. The average Bonchev–Trinajstić information content (AvgIpc) is 2.41. The van der Waals surface area contributed by atoms with E-state index in [1.807, 2.05) is 13.8 Å². The lowest BCUT2D eigenvalue weighted by molar-refractivity contribution is 0.0691. The van der Waals surface area contributed by atoms with Crippen molar-refractivity contribution in [1.29, 1.82) is 0 Å². The van der Waals surface area contributed by atoms with E-state index in [4.69, 9.17) is 14.2 Å². The van der Waals surface area contributed by atoms with Crippen LogP contribution in [0.25, 0.3) is 0 Å². The van der Waals surface area contributed by atoms with Gasteiger partial charge >= 0.3 is 0 Å². The minimum atomic E-state index is 0.113. The van der Waals surface area contributed by atoms with Crippen LogP contribution < -0.4 is 10.1 Å². The molecule has 0 spiro atoms. The van der Waals surface area contributed by atoms with Crippen molar-refractivity contribution in [3.63, 3.8) is 0 Å². The predicted octanol–water partition coefficient (Wildman–Crippen LogP) is 2.12. The molecule has 6 nitrogen and oxygen atoms in total. The lowest BCUT2D eigenvalue weighted by Gasteiger charge is -2.10. The first-order valence-electron chi connectivity index (χ1n) is 7.02. The van der Waals surface area contributed by atoms with Crippen molar-refractivity contribution in [3.8, 4) is 5.88 Å². The molecule has 0 aliphatic heterocycles. The van der Waals surface area contributed by atoms with Gasteiger partial charge in [0.2, 0.25) is 11.8 Å². The quantitative estimate of drug-likeness (QED) is 0.628. The highest BCUT2D eigenvalue weighted by atomic mass is 16.5. The molecule has 1 aromatic heterocycles.